The predicted octanol–water partition coefficient (Wildman–Crippen LogP) is 6.48. The van der Waals surface area contributed by atoms with Crippen molar-refractivity contribution in [3.05, 3.63) is 82.3 Å². The standard InChI is InChI=1S/C28H35NO5/c1-19(12-13-23-21(3)11-8-15-28(23,4)5)9-7-10-20(2)14-16-34-27(32)22-17-24(33-6)25(26(30)31)29-18-22/h7,9-10,12-14,17-18H,8,11,15-16H2,1-6H3,(H,30,31). The average Bonchev–Trinajstić information content (AvgIpc) is 2.77. The minimum atomic E-state index is -1.23. The van der Waals surface area contributed by atoms with Gasteiger partial charge in [-0.3, -0.25) is 0 Å². The molecule has 34 heavy (non-hydrogen) atoms. The maximum absolute atomic E-state index is 12.2. The molecule has 182 valence electrons. The molecule has 0 radical (unpaired) electrons. The summed E-state index contributed by atoms with van der Waals surface area (Å²) in [5.74, 6) is -1.83. The quantitative estimate of drug-likeness (QED) is 0.332. The summed E-state index contributed by atoms with van der Waals surface area (Å²) in [5.41, 5.74) is 5.13. The number of aromatic nitrogens is 1. The van der Waals surface area contributed by atoms with Crippen molar-refractivity contribution in [2.75, 3.05) is 13.7 Å². The Morgan fingerprint density at radius 1 is 1.21 bits per heavy atom. The van der Waals surface area contributed by atoms with E-state index < -0.39 is 11.9 Å². The molecule has 0 aromatic carbocycles. The van der Waals surface area contributed by atoms with Crippen LogP contribution in [0.4, 0.5) is 0 Å². The van der Waals surface area contributed by atoms with Gasteiger partial charge in [0, 0.05) is 6.20 Å². The molecule has 0 amide bonds. The molecule has 1 aliphatic rings. The Hall–Kier alpha value is -3.41. The molecule has 1 aromatic rings. The predicted molar refractivity (Wildman–Crippen MR) is 134 cm³/mol. The van der Waals surface area contributed by atoms with Crippen LogP contribution in [0.25, 0.3) is 0 Å². The van der Waals surface area contributed by atoms with Gasteiger partial charge in [-0.05, 0) is 63.2 Å². The highest BCUT2D eigenvalue weighted by molar-refractivity contribution is 5.93. The van der Waals surface area contributed by atoms with E-state index >= 15 is 0 Å². The van der Waals surface area contributed by atoms with E-state index in [4.69, 9.17) is 14.6 Å². The van der Waals surface area contributed by atoms with E-state index in [2.05, 4.69) is 44.8 Å². The van der Waals surface area contributed by atoms with Gasteiger partial charge in [0.05, 0.1) is 12.7 Å². The SMILES string of the molecule is COc1cc(C(=O)OCC=C(C)C=CC=C(C)C=CC2=C(C)CCCC2(C)C)cnc1C(=O)O. The molecular formula is C28H35NO5. The van der Waals surface area contributed by atoms with E-state index in [0.29, 0.717) is 0 Å². The number of methoxy groups -OCH3 is 1. The summed E-state index contributed by atoms with van der Waals surface area (Å²) in [5, 5.41) is 9.07. The van der Waals surface area contributed by atoms with Gasteiger partial charge in [0.2, 0.25) is 0 Å². The van der Waals surface area contributed by atoms with Crippen molar-refractivity contribution in [1.82, 2.24) is 4.98 Å². The highest BCUT2D eigenvalue weighted by atomic mass is 16.5. The summed E-state index contributed by atoms with van der Waals surface area (Å²) in [7, 11) is 1.32. The van der Waals surface area contributed by atoms with Crippen LogP contribution in [0.3, 0.4) is 0 Å². The monoisotopic (exact) mass is 465 g/mol. The lowest BCUT2D eigenvalue weighted by Gasteiger charge is -2.32. The summed E-state index contributed by atoms with van der Waals surface area (Å²) in [6.45, 7) is 10.9. The van der Waals surface area contributed by atoms with Crippen LogP contribution in [0.1, 0.15) is 74.7 Å². The van der Waals surface area contributed by atoms with Crippen LogP contribution in [0.2, 0.25) is 0 Å². The fourth-order valence-corrected chi connectivity index (χ4v) is 3.90. The molecule has 0 atom stereocenters. The number of carbonyl (C=O) groups is 2. The average molecular weight is 466 g/mol. The molecule has 1 aliphatic carbocycles. The number of carboxylic acids is 1. The van der Waals surface area contributed by atoms with E-state index in [9.17, 15) is 9.59 Å². The maximum Gasteiger partial charge on any atom is 0.358 e. The van der Waals surface area contributed by atoms with Crippen molar-refractivity contribution in [2.45, 2.75) is 53.9 Å². The lowest BCUT2D eigenvalue weighted by molar-refractivity contribution is 0.0546. The topological polar surface area (TPSA) is 85.7 Å². The van der Waals surface area contributed by atoms with E-state index in [0.717, 1.165) is 17.3 Å². The van der Waals surface area contributed by atoms with Gasteiger partial charge in [0.15, 0.2) is 11.4 Å². The van der Waals surface area contributed by atoms with Gasteiger partial charge in [-0.25, -0.2) is 14.6 Å². The van der Waals surface area contributed by atoms with E-state index in [1.807, 2.05) is 25.2 Å². The smallest absolute Gasteiger partial charge is 0.358 e. The largest absolute Gasteiger partial charge is 0.494 e. The van der Waals surface area contributed by atoms with Gasteiger partial charge < -0.3 is 14.6 Å². The molecule has 1 N–H and O–H groups in total. The van der Waals surface area contributed by atoms with Crippen molar-refractivity contribution < 1.29 is 24.2 Å². The first-order valence-corrected chi connectivity index (χ1v) is 11.4. The number of hydrogen-bond donors (Lipinski definition) is 1. The van der Waals surface area contributed by atoms with Gasteiger partial charge in [0.1, 0.15) is 6.61 Å². The minimum Gasteiger partial charge on any atom is -0.494 e. The molecule has 2 rings (SSSR count). The fraction of sp³-hybridized carbons (Fsp3) is 0.393. The summed E-state index contributed by atoms with van der Waals surface area (Å²) < 4.78 is 10.2. The van der Waals surface area contributed by atoms with E-state index in [-0.39, 0.29) is 29.0 Å². The van der Waals surface area contributed by atoms with Gasteiger partial charge in [-0.1, -0.05) is 60.9 Å². The molecule has 0 aliphatic heterocycles. The molecule has 1 heterocycles. The lowest BCUT2D eigenvalue weighted by Crippen LogP contribution is -2.19. The van der Waals surface area contributed by atoms with Crippen molar-refractivity contribution in [1.29, 1.82) is 0 Å². The number of pyridine rings is 1. The third-order valence-electron chi connectivity index (χ3n) is 5.90. The first-order valence-electron chi connectivity index (χ1n) is 11.4. The number of carboxylic acid groups (broad SMARTS) is 1. The zero-order chi connectivity index (χ0) is 25.3. The Balaban J connectivity index is 1.92. The third kappa shape index (κ3) is 7.58. The Morgan fingerprint density at radius 2 is 1.94 bits per heavy atom. The van der Waals surface area contributed by atoms with E-state index in [1.54, 1.807) is 6.08 Å². The zero-order valence-electron chi connectivity index (χ0n) is 21.0. The first-order chi connectivity index (χ1) is 16.0. The highest BCUT2D eigenvalue weighted by Gasteiger charge is 2.26. The van der Waals surface area contributed by atoms with Crippen LogP contribution < -0.4 is 4.74 Å². The number of ether oxygens (including phenoxy) is 2. The molecule has 1 aromatic heterocycles. The first kappa shape index (κ1) is 26.8. The van der Waals surface area contributed by atoms with Crippen LogP contribution in [-0.2, 0) is 4.74 Å². The number of aromatic carboxylic acids is 1. The van der Waals surface area contributed by atoms with Crippen LogP contribution >= 0.6 is 0 Å². The Morgan fingerprint density at radius 3 is 2.59 bits per heavy atom. The second kappa shape index (κ2) is 12.2. The number of nitrogens with zero attached hydrogens (tertiary/aromatic N) is 1. The number of allylic oxidation sites excluding steroid dienone is 9. The lowest BCUT2D eigenvalue weighted by atomic mass is 9.72. The normalized spacial score (nSPS) is 16.9. The third-order valence-corrected chi connectivity index (χ3v) is 5.90. The number of hydrogen-bond acceptors (Lipinski definition) is 5. The molecule has 6 heteroatoms. The summed E-state index contributed by atoms with van der Waals surface area (Å²) in [4.78, 5) is 27.1. The van der Waals surface area contributed by atoms with Gasteiger partial charge in [0.25, 0.3) is 0 Å². The molecule has 0 spiro atoms. The highest BCUT2D eigenvalue weighted by Crippen LogP contribution is 2.40. The van der Waals surface area contributed by atoms with Gasteiger partial charge in [-0.2, -0.15) is 0 Å². The molecule has 0 saturated carbocycles. The second-order valence-corrected chi connectivity index (χ2v) is 9.16. The van der Waals surface area contributed by atoms with Gasteiger partial charge in [-0.15, -0.1) is 0 Å². The zero-order valence-corrected chi connectivity index (χ0v) is 21.0. The molecule has 0 unspecified atom stereocenters. The van der Waals surface area contributed by atoms with Crippen LogP contribution in [-0.4, -0.2) is 35.7 Å². The summed E-state index contributed by atoms with van der Waals surface area (Å²) in [6.07, 6.45) is 17.0. The van der Waals surface area contributed by atoms with Crippen molar-refractivity contribution in [2.24, 2.45) is 5.41 Å². The second-order valence-electron chi connectivity index (χ2n) is 9.16. The minimum absolute atomic E-state index is 0.00585. The molecular weight excluding hydrogens is 430 g/mol. The van der Waals surface area contributed by atoms with Crippen LogP contribution in [0.15, 0.2) is 71.0 Å². The van der Waals surface area contributed by atoms with Gasteiger partial charge >= 0.3 is 11.9 Å². The van der Waals surface area contributed by atoms with E-state index in [1.165, 1.54) is 43.6 Å². The number of rotatable bonds is 9. The fourth-order valence-electron chi connectivity index (χ4n) is 3.90. The maximum atomic E-state index is 12.2. The Kier molecular flexibility index (Phi) is 9.60. The van der Waals surface area contributed by atoms with Crippen molar-refractivity contribution >= 4 is 11.9 Å². The molecule has 0 bridgehead atoms. The Labute approximate surface area is 202 Å². The number of carbonyl (C=O) groups excluding carboxylic acids is 1. The summed E-state index contributed by atoms with van der Waals surface area (Å²) >= 11 is 0. The van der Waals surface area contributed by atoms with Crippen LogP contribution in [0.5, 0.6) is 5.75 Å². The Bertz CT molecular complexity index is 1070. The van der Waals surface area contributed by atoms with Crippen LogP contribution in [0, 0.1) is 5.41 Å². The molecule has 0 saturated heterocycles. The molecule has 0 fully saturated rings. The van der Waals surface area contributed by atoms with Crippen molar-refractivity contribution in [3.8, 4) is 5.75 Å². The molecule has 6 nitrogen and oxygen atoms in total. The van der Waals surface area contributed by atoms with Crippen molar-refractivity contribution in [3.63, 3.8) is 0 Å². The summed E-state index contributed by atoms with van der Waals surface area (Å²) in [6, 6.07) is 1.31. The number of esters is 1.